The summed E-state index contributed by atoms with van der Waals surface area (Å²) in [5.74, 6) is -0.952. The van der Waals surface area contributed by atoms with Crippen molar-refractivity contribution in [2.24, 2.45) is 5.92 Å². The molecule has 1 aromatic carbocycles. The van der Waals surface area contributed by atoms with Gasteiger partial charge in [-0.15, -0.1) is 0 Å². The standard InChI is InChI=1S/C19H24F2N2O5/c1-27-17(25)14-8-13(12-2-4-16(5-3-12)28-18(20)21)9-23(10-14)19(26)22-7-6-15(24)11-22/h2-5,13-15,18,24H,6-11H2,1H3. The van der Waals surface area contributed by atoms with E-state index in [1.807, 2.05) is 0 Å². The molecule has 2 amide bonds. The van der Waals surface area contributed by atoms with Gasteiger partial charge < -0.3 is 24.4 Å². The molecule has 3 rings (SSSR count). The number of aliphatic hydroxyl groups excluding tert-OH is 1. The maximum absolute atomic E-state index is 12.8. The predicted molar refractivity (Wildman–Crippen MR) is 95.1 cm³/mol. The third-order valence-corrected chi connectivity index (χ3v) is 5.27. The van der Waals surface area contributed by atoms with Crippen molar-refractivity contribution in [3.05, 3.63) is 29.8 Å². The van der Waals surface area contributed by atoms with Crippen molar-refractivity contribution in [3.63, 3.8) is 0 Å². The molecule has 1 N–H and O–H groups in total. The van der Waals surface area contributed by atoms with E-state index in [2.05, 4.69) is 4.74 Å². The summed E-state index contributed by atoms with van der Waals surface area (Å²) in [6.45, 7) is -1.49. The summed E-state index contributed by atoms with van der Waals surface area (Å²) in [4.78, 5) is 28.2. The quantitative estimate of drug-likeness (QED) is 0.786. The van der Waals surface area contributed by atoms with Crippen LogP contribution in [0.3, 0.4) is 0 Å². The summed E-state index contributed by atoms with van der Waals surface area (Å²) in [6, 6.07) is 6.03. The number of β-amino-alcohol motifs (C(OH)–C–C–N with tert-alkyl or cyclic N) is 1. The predicted octanol–water partition coefficient (Wildman–Crippen LogP) is 2.05. The number of esters is 1. The van der Waals surface area contributed by atoms with Gasteiger partial charge in [-0.3, -0.25) is 4.79 Å². The van der Waals surface area contributed by atoms with Crippen molar-refractivity contribution < 1.29 is 33.0 Å². The highest BCUT2D eigenvalue weighted by Crippen LogP contribution is 2.33. The summed E-state index contributed by atoms with van der Waals surface area (Å²) < 4.78 is 33.9. The van der Waals surface area contributed by atoms with E-state index in [0.29, 0.717) is 25.9 Å². The van der Waals surface area contributed by atoms with Gasteiger partial charge in [-0.1, -0.05) is 12.1 Å². The van der Waals surface area contributed by atoms with Crippen molar-refractivity contribution >= 4 is 12.0 Å². The molecule has 0 aliphatic carbocycles. The van der Waals surface area contributed by atoms with E-state index < -0.39 is 18.6 Å². The van der Waals surface area contributed by atoms with E-state index in [1.165, 1.54) is 19.2 Å². The van der Waals surface area contributed by atoms with Crippen molar-refractivity contribution in [2.45, 2.75) is 31.5 Å². The van der Waals surface area contributed by atoms with E-state index in [0.717, 1.165) is 5.56 Å². The first-order valence-electron chi connectivity index (χ1n) is 9.22. The van der Waals surface area contributed by atoms with Crippen LogP contribution in [0.25, 0.3) is 0 Å². The van der Waals surface area contributed by atoms with Crippen molar-refractivity contribution in [1.29, 1.82) is 0 Å². The van der Waals surface area contributed by atoms with Gasteiger partial charge in [0.25, 0.3) is 0 Å². The highest BCUT2D eigenvalue weighted by atomic mass is 19.3. The lowest BCUT2D eigenvalue weighted by atomic mass is 9.84. The maximum atomic E-state index is 12.8. The number of ether oxygens (including phenoxy) is 2. The number of carbonyl (C=O) groups is 2. The number of halogens is 2. The lowest BCUT2D eigenvalue weighted by Crippen LogP contribution is -2.50. The number of benzene rings is 1. The van der Waals surface area contributed by atoms with Gasteiger partial charge in [-0.2, -0.15) is 8.78 Å². The molecule has 28 heavy (non-hydrogen) atoms. The summed E-state index contributed by atoms with van der Waals surface area (Å²) >= 11 is 0. The second kappa shape index (κ2) is 8.72. The van der Waals surface area contributed by atoms with Gasteiger partial charge in [0.1, 0.15) is 5.75 Å². The number of aliphatic hydroxyl groups is 1. The number of methoxy groups -OCH3 is 1. The number of hydrogen-bond donors (Lipinski definition) is 1. The van der Waals surface area contributed by atoms with Gasteiger partial charge >= 0.3 is 18.6 Å². The zero-order valence-corrected chi connectivity index (χ0v) is 15.6. The molecule has 0 saturated carbocycles. The summed E-state index contributed by atoms with van der Waals surface area (Å²) in [5.41, 5.74) is 0.828. The minimum atomic E-state index is -2.90. The van der Waals surface area contributed by atoms with Crippen LogP contribution in [0.5, 0.6) is 5.75 Å². The molecule has 2 saturated heterocycles. The number of piperidine rings is 1. The van der Waals surface area contributed by atoms with Crippen LogP contribution in [0.4, 0.5) is 13.6 Å². The average molecular weight is 398 g/mol. The van der Waals surface area contributed by atoms with Gasteiger partial charge in [-0.05, 0) is 30.5 Å². The monoisotopic (exact) mass is 398 g/mol. The number of nitrogens with zero attached hydrogens (tertiary/aromatic N) is 2. The Labute approximate surface area is 161 Å². The van der Waals surface area contributed by atoms with E-state index in [1.54, 1.807) is 21.9 Å². The zero-order chi connectivity index (χ0) is 20.3. The maximum Gasteiger partial charge on any atom is 0.387 e. The van der Waals surface area contributed by atoms with Gasteiger partial charge in [-0.25, -0.2) is 4.79 Å². The Morgan fingerprint density at radius 2 is 1.86 bits per heavy atom. The average Bonchev–Trinajstić information content (AvgIpc) is 3.12. The molecule has 1 aromatic rings. The number of amides is 2. The zero-order valence-electron chi connectivity index (χ0n) is 15.6. The molecule has 3 atom stereocenters. The SMILES string of the molecule is COC(=O)C1CC(c2ccc(OC(F)F)cc2)CN(C(=O)N2CCC(O)C2)C1. The lowest BCUT2D eigenvalue weighted by Gasteiger charge is -2.38. The molecule has 2 heterocycles. The van der Waals surface area contributed by atoms with Crippen LogP contribution >= 0.6 is 0 Å². The molecule has 3 unspecified atom stereocenters. The molecule has 0 radical (unpaired) electrons. The first-order chi connectivity index (χ1) is 13.4. The number of urea groups is 1. The minimum absolute atomic E-state index is 0.0538. The Morgan fingerprint density at radius 3 is 2.43 bits per heavy atom. The number of likely N-dealkylation sites (tertiary alicyclic amines) is 2. The highest BCUT2D eigenvalue weighted by Gasteiger charge is 2.37. The number of rotatable bonds is 4. The van der Waals surface area contributed by atoms with Crippen LogP contribution in [0.1, 0.15) is 24.3 Å². The van der Waals surface area contributed by atoms with Gasteiger partial charge in [0.05, 0.1) is 19.1 Å². The van der Waals surface area contributed by atoms with Crippen LogP contribution in [0, 0.1) is 5.92 Å². The third kappa shape index (κ3) is 4.70. The van der Waals surface area contributed by atoms with Gasteiger partial charge in [0.15, 0.2) is 0 Å². The normalized spacial score (nSPS) is 25.1. The second-order valence-electron chi connectivity index (χ2n) is 7.18. The van der Waals surface area contributed by atoms with Gasteiger partial charge in [0, 0.05) is 32.1 Å². The smallest absolute Gasteiger partial charge is 0.387 e. The molecule has 0 bridgehead atoms. The van der Waals surface area contributed by atoms with E-state index in [4.69, 9.17) is 4.74 Å². The number of alkyl halides is 2. The molecular formula is C19H24F2N2O5. The Kier molecular flexibility index (Phi) is 6.33. The largest absolute Gasteiger partial charge is 0.469 e. The Morgan fingerprint density at radius 1 is 1.14 bits per heavy atom. The molecular weight excluding hydrogens is 374 g/mol. The molecule has 9 heteroatoms. The molecule has 2 aliphatic heterocycles. The Hall–Kier alpha value is -2.42. The fraction of sp³-hybridized carbons (Fsp3) is 0.579. The topological polar surface area (TPSA) is 79.3 Å². The molecule has 7 nitrogen and oxygen atoms in total. The summed E-state index contributed by atoms with van der Waals surface area (Å²) in [5, 5.41) is 9.69. The van der Waals surface area contributed by atoms with Gasteiger partial charge in [0.2, 0.25) is 0 Å². The molecule has 0 spiro atoms. The van der Waals surface area contributed by atoms with E-state index in [9.17, 15) is 23.5 Å². The van der Waals surface area contributed by atoms with Crippen LogP contribution in [-0.2, 0) is 9.53 Å². The Bertz CT molecular complexity index is 700. The van der Waals surface area contributed by atoms with E-state index >= 15 is 0 Å². The Balaban J connectivity index is 1.76. The fourth-order valence-corrected chi connectivity index (χ4v) is 3.87. The number of hydrogen-bond acceptors (Lipinski definition) is 5. The molecule has 2 fully saturated rings. The number of carbonyl (C=O) groups excluding carboxylic acids is 2. The lowest BCUT2D eigenvalue weighted by molar-refractivity contribution is -0.147. The summed E-state index contributed by atoms with van der Waals surface area (Å²) in [7, 11) is 1.31. The molecule has 2 aliphatic rings. The fourth-order valence-electron chi connectivity index (χ4n) is 3.87. The van der Waals surface area contributed by atoms with Crippen molar-refractivity contribution in [3.8, 4) is 5.75 Å². The minimum Gasteiger partial charge on any atom is -0.469 e. The molecule has 154 valence electrons. The first-order valence-corrected chi connectivity index (χ1v) is 9.22. The third-order valence-electron chi connectivity index (χ3n) is 5.27. The van der Waals surface area contributed by atoms with E-state index in [-0.39, 0.29) is 36.8 Å². The van der Waals surface area contributed by atoms with Crippen LogP contribution in [0.2, 0.25) is 0 Å². The highest BCUT2D eigenvalue weighted by molar-refractivity contribution is 5.78. The molecule has 0 aromatic heterocycles. The van der Waals surface area contributed by atoms with Crippen molar-refractivity contribution in [1.82, 2.24) is 9.80 Å². The van der Waals surface area contributed by atoms with Crippen LogP contribution < -0.4 is 4.74 Å². The van der Waals surface area contributed by atoms with Crippen LogP contribution in [0.15, 0.2) is 24.3 Å². The van der Waals surface area contributed by atoms with Crippen LogP contribution in [-0.4, -0.2) is 72.9 Å². The second-order valence-corrected chi connectivity index (χ2v) is 7.18. The van der Waals surface area contributed by atoms with Crippen molar-refractivity contribution in [2.75, 3.05) is 33.3 Å². The summed E-state index contributed by atoms with van der Waals surface area (Å²) in [6.07, 6.45) is 0.506. The first kappa shape index (κ1) is 20.3.